The topological polar surface area (TPSA) is 133 Å². The number of carboxylic acid groups (broad SMARTS) is 1. The van der Waals surface area contributed by atoms with Crippen molar-refractivity contribution in [3.8, 4) is 0 Å². The van der Waals surface area contributed by atoms with E-state index in [-0.39, 0.29) is 18.4 Å². The molecule has 36 heavy (non-hydrogen) atoms. The number of carbonyl (C=O) groups is 5. The van der Waals surface area contributed by atoms with Gasteiger partial charge in [-0.05, 0) is 25.5 Å². The standard InChI is InChI=1S/C21H27N3O5.C2HF3O2/c1-6-21(20(28)29-5)16-15(18(26)24(4)19(16)27)14(22-21)11-23(3)17(25)13-9-7-12(2)8-10-13;3-2(4,5)1(6)7/h7-10,14-16,22H,6,11H2,1-5H3;(H,6,7)/t14-,15+,16-,21-;/m1./s1. The summed E-state index contributed by atoms with van der Waals surface area (Å²) in [5.74, 6) is -5.82. The SMILES string of the molecule is CC[C@@]1(C(=O)OC)N[C@H](CN(C)C(=O)c2ccc(C)cc2)[C@@H]2C(=O)N(C)C(=O)[C@@H]21.O=C(O)C(F)(F)F. The number of likely N-dealkylation sites (tertiary alicyclic amines) is 1. The summed E-state index contributed by atoms with van der Waals surface area (Å²) in [6.45, 7) is 3.90. The lowest BCUT2D eigenvalue weighted by Gasteiger charge is -2.31. The monoisotopic (exact) mass is 515 g/mol. The summed E-state index contributed by atoms with van der Waals surface area (Å²) in [4.78, 5) is 62.5. The third-order valence-electron chi connectivity index (χ3n) is 6.44. The van der Waals surface area contributed by atoms with Crippen molar-refractivity contribution in [3.05, 3.63) is 35.4 Å². The van der Waals surface area contributed by atoms with Crippen molar-refractivity contribution >= 4 is 29.7 Å². The molecule has 2 fully saturated rings. The Morgan fingerprint density at radius 2 is 1.69 bits per heavy atom. The van der Waals surface area contributed by atoms with E-state index in [1.807, 2.05) is 19.1 Å². The second-order valence-electron chi connectivity index (χ2n) is 8.66. The number of aliphatic carboxylic acids is 1. The molecule has 0 unspecified atom stereocenters. The quantitative estimate of drug-likeness (QED) is 0.442. The number of imide groups is 1. The van der Waals surface area contributed by atoms with Crippen LogP contribution in [0.2, 0.25) is 0 Å². The second-order valence-corrected chi connectivity index (χ2v) is 8.66. The van der Waals surface area contributed by atoms with Crippen LogP contribution in [0.3, 0.4) is 0 Å². The molecule has 0 aromatic heterocycles. The Hall–Kier alpha value is -3.48. The number of alkyl halides is 3. The predicted octanol–water partition coefficient (Wildman–Crippen LogP) is 1.22. The Morgan fingerprint density at radius 1 is 1.17 bits per heavy atom. The number of fused-ring (bicyclic) bond motifs is 1. The third kappa shape index (κ3) is 5.35. The molecule has 2 aliphatic heterocycles. The molecule has 0 spiro atoms. The van der Waals surface area contributed by atoms with Crippen LogP contribution in [-0.4, -0.2) is 90.1 Å². The van der Waals surface area contributed by atoms with Gasteiger partial charge in [-0.25, -0.2) is 4.79 Å². The van der Waals surface area contributed by atoms with Gasteiger partial charge in [0.1, 0.15) is 5.54 Å². The van der Waals surface area contributed by atoms with E-state index in [0.717, 1.165) is 10.5 Å². The van der Waals surface area contributed by atoms with Crippen LogP contribution in [0, 0.1) is 18.8 Å². The Morgan fingerprint density at radius 3 is 2.14 bits per heavy atom. The van der Waals surface area contributed by atoms with Gasteiger partial charge in [0.15, 0.2) is 0 Å². The summed E-state index contributed by atoms with van der Waals surface area (Å²) in [6, 6.07) is 6.68. The van der Waals surface area contributed by atoms with Crippen molar-refractivity contribution in [3.63, 3.8) is 0 Å². The maximum atomic E-state index is 12.8. The van der Waals surface area contributed by atoms with Gasteiger partial charge in [-0.15, -0.1) is 0 Å². The minimum absolute atomic E-state index is 0.180. The van der Waals surface area contributed by atoms with Crippen LogP contribution in [-0.2, 0) is 23.9 Å². The molecule has 0 aliphatic carbocycles. The minimum Gasteiger partial charge on any atom is -0.475 e. The summed E-state index contributed by atoms with van der Waals surface area (Å²) in [5.41, 5.74) is 0.303. The van der Waals surface area contributed by atoms with Gasteiger partial charge in [0.25, 0.3) is 5.91 Å². The average Bonchev–Trinajstić information content (AvgIpc) is 3.27. The number of esters is 1. The normalized spacial score (nSPS) is 25.1. The number of amides is 3. The van der Waals surface area contributed by atoms with Gasteiger partial charge in [0.2, 0.25) is 11.8 Å². The first kappa shape index (κ1) is 28.8. The van der Waals surface area contributed by atoms with E-state index in [2.05, 4.69) is 5.32 Å². The number of nitrogens with one attached hydrogen (secondary N) is 1. The van der Waals surface area contributed by atoms with Crippen LogP contribution < -0.4 is 5.32 Å². The number of hydrogen-bond acceptors (Lipinski definition) is 7. The molecule has 10 nitrogen and oxygen atoms in total. The van der Waals surface area contributed by atoms with Crippen molar-refractivity contribution in [2.75, 3.05) is 27.7 Å². The van der Waals surface area contributed by atoms with Gasteiger partial charge >= 0.3 is 18.1 Å². The van der Waals surface area contributed by atoms with Crippen molar-refractivity contribution in [2.24, 2.45) is 11.8 Å². The molecular formula is C23H28F3N3O7. The number of ether oxygens (including phenoxy) is 1. The lowest BCUT2D eigenvalue weighted by Crippen LogP contribution is -2.57. The Kier molecular flexibility index (Phi) is 8.50. The maximum absolute atomic E-state index is 12.8. The van der Waals surface area contributed by atoms with Gasteiger partial charge in [0.05, 0.1) is 18.9 Å². The molecular weight excluding hydrogens is 487 g/mol. The zero-order valence-electron chi connectivity index (χ0n) is 20.4. The Labute approximate surface area is 205 Å². The van der Waals surface area contributed by atoms with Gasteiger partial charge in [-0.1, -0.05) is 24.6 Å². The molecule has 2 saturated heterocycles. The first-order valence-electron chi connectivity index (χ1n) is 10.9. The molecule has 0 saturated carbocycles. The van der Waals surface area contributed by atoms with Crippen molar-refractivity contribution in [1.29, 1.82) is 0 Å². The predicted molar refractivity (Wildman–Crippen MR) is 119 cm³/mol. The largest absolute Gasteiger partial charge is 0.490 e. The van der Waals surface area contributed by atoms with Crippen molar-refractivity contribution < 1.29 is 47.0 Å². The second kappa shape index (κ2) is 10.6. The van der Waals surface area contributed by atoms with Gasteiger partial charge in [-0.3, -0.25) is 29.4 Å². The number of hydrogen-bond donors (Lipinski definition) is 2. The fourth-order valence-electron chi connectivity index (χ4n) is 4.56. The molecule has 1 aromatic carbocycles. The fourth-order valence-corrected chi connectivity index (χ4v) is 4.56. The summed E-state index contributed by atoms with van der Waals surface area (Å²) in [7, 11) is 4.34. The molecule has 2 heterocycles. The van der Waals surface area contributed by atoms with Crippen LogP contribution in [0.5, 0.6) is 0 Å². The van der Waals surface area contributed by atoms with Gasteiger partial charge in [0, 0.05) is 32.2 Å². The fraction of sp³-hybridized carbons (Fsp3) is 0.522. The van der Waals surface area contributed by atoms with Crippen LogP contribution in [0.25, 0.3) is 0 Å². The van der Waals surface area contributed by atoms with E-state index < -0.39 is 47.4 Å². The summed E-state index contributed by atoms with van der Waals surface area (Å²) in [5, 5.41) is 10.3. The van der Waals surface area contributed by atoms with Gasteiger partial charge in [-0.2, -0.15) is 13.2 Å². The lowest BCUT2D eigenvalue weighted by atomic mass is 9.78. The van der Waals surface area contributed by atoms with E-state index in [1.54, 1.807) is 26.1 Å². The van der Waals surface area contributed by atoms with Crippen molar-refractivity contribution in [2.45, 2.75) is 38.0 Å². The Bertz CT molecular complexity index is 1040. The molecule has 4 atom stereocenters. The summed E-state index contributed by atoms with van der Waals surface area (Å²) >= 11 is 0. The zero-order valence-corrected chi connectivity index (χ0v) is 20.4. The maximum Gasteiger partial charge on any atom is 0.490 e. The van der Waals surface area contributed by atoms with Crippen LogP contribution >= 0.6 is 0 Å². The van der Waals surface area contributed by atoms with Crippen molar-refractivity contribution in [1.82, 2.24) is 15.1 Å². The number of halogens is 3. The third-order valence-corrected chi connectivity index (χ3v) is 6.44. The number of rotatable bonds is 5. The molecule has 3 rings (SSSR count). The first-order valence-corrected chi connectivity index (χ1v) is 10.9. The molecule has 198 valence electrons. The minimum atomic E-state index is -5.08. The van der Waals surface area contributed by atoms with Crippen LogP contribution in [0.1, 0.15) is 29.3 Å². The van der Waals surface area contributed by atoms with E-state index in [0.29, 0.717) is 12.0 Å². The molecule has 1 aromatic rings. The number of methoxy groups -OCH3 is 1. The highest BCUT2D eigenvalue weighted by molar-refractivity contribution is 6.09. The first-order chi connectivity index (χ1) is 16.6. The smallest absolute Gasteiger partial charge is 0.475 e. The molecule has 13 heteroatoms. The number of benzene rings is 1. The molecule has 2 N–H and O–H groups in total. The molecule has 2 aliphatic rings. The van der Waals surface area contributed by atoms with Crippen LogP contribution in [0.15, 0.2) is 24.3 Å². The lowest BCUT2D eigenvalue weighted by molar-refractivity contribution is -0.192. The van der Waals surface area contributed by atoms with Crippen LogP contribution in [0.4, 0.5) is 13.2 Å². The summed E-state index contributed by atoms with van der Waals surface area (Å²) in [6.07, 6.45) is -4.79. The average molecular weight is 515 g/mol. The number of carbonyl (C=O) groups excluding carboxylic acids is 4. The van der Waals surface area contributed by atoms with E-state index in [4.69, 9.17) is 14.6 Å². The van der Waals surface area contributed by atoms with Gasteiger partial charge < -0.3 is 14.7 Å². The number of nitrogens with zero attached hydrogens (tertiary/aromatic N) is 2. The highest BCUT2D eigenvalue weighted by Gasteiger charge is 2.67. The molecule has 0 bridgehead atoms. The number of carboxylic acids is 1. The van der Waals surface area contributed by atoms with E-state index in [1.165, 1.54) is 19.1 Å². The highest BCUT2D eigenvalue weighted by Crippen LogP contribution is 2.44. The summed E-state index contributed by atoms with van der Waals surface area (Å²) < 4.78 is 36.7. The van der Waals surface area contributed by atoms with E-state index in [9.17, 15) is 32.3 Å². The number of aryl methyl sites for hydroxylation is 1. The highest BCUT2D eigenvalue weighted by atomic mass is 19.4. The van der Waals surface area contributed by atoms with E-state index >= 15 is 0 Å². The zero-order chi connectivity index (χ0) is 27.6. The molecule has 0 radical (unpaired) electrons. The molecule has 3 amide bonds. The number of likely N-dealkylation sites (N-methyl/N-ethyl adjacent to an activating group) is 1. The Balaban J connectivity index is 0.000000572.